The molecular formula is C14H28O7. The molecule has 1 saturated heterocycles. The highest BCUT2D eigenvalue weighted by atomic mass is 17.6. The first-order valence-corrected chi connectivity index (χ1v) is 7.86. The van der Waals surface area contributed by atoms with Crippen LogP contribution in [0.3, 0.4) is 0 Å². The molecule has 0 radical (unpaired) electrons. The van der Waals surface area contributed by atoms with Crippen LogP contribution in [0.1, 0.15) is 71.1 Å². The Morgan fingerprint density at radius 2 is 1.29 bits per heavy atom. The molecule has 7 nitrogen and oxygen atoms in total. The molecule has 7 heteroatoms. The van der Waals surface area contributed by atoms with E-state index in [0.717, 1.165) is 12.8 Å². The Bertz CT molecular complexity index is 272. The topological polar surface area (TPSA) is 97.6 Å². The van der Waals surface area contributed by atoms with Crippen molar-refractivity contribution >= 4 is 0 Å². The lowest BCUT2D eigenvalue weighted by atomic mass is 10.1. The zero-order valence-electron chi connectivity index (χ0n) is 12.8. The van der Waals surface area contributed by atoms with Gasteiger partial charge in [0.25, 0.3) is 0 Å². The van der Waals surface area contributed by atoms with E-state index in [1.165, 1.54) is 44.9 Å². The standard InChI is InChI=1S/C14H28O7/c1-2-3-4-5-6-7-8-9-10-11-12-18-14(17)13(15,16)19-21-20-14/h15-17H,2-12H2,1H3. The molecule has 1 fully saturated rings. The van der Waals surface area contributed by atoms with Crippen LogP contribution >= 0.6 is 0 Å². The van der Waals surface area contributed by atoms with Crippen molar-refractivity contribution in [3.63, 3.8) is 0 Å². The Morgan fingerprint density at radius 3 is 1.76 bits per heavy atom. The molecule has 1 rings (SSSR count). The molecule has 1 heterocycles. The SMILES string of the molecule is CCCCCCCCCCCCOC1(O)OOOC1(O)O. The molecule has 3 N–H and O–H groups in total. The van der Waals surface area contributed by atoms with Crippen molar-refractivity contribution in [3.05, 3.63) is 0 Å². The van der Waals surface area contributed by atoms with E-state index in [9.17, 15) is 15.3 Å². The van der Waals surface area contributed by atoms with Crippen molar-refractivity contribution in [2.45, 2.75) is 83.1 Å². The van der Waals surface area contributed by atoms with Gasteiger partial charge in [-0.25, -0.2) is 0 Å². The molecule has 1 aliphatic rings. The summed E-state index contributed by atoms with van der Waals surface area (Å²) < 4.78 is 4.86. The number of hydrogen-bond acceptors (Lipinski definition) is 7. The molecule has 0 saturated carbocycles. The lowest BCUT2D eigenvalue weighted by molar-refractivity contribution is -0.522. The summed E-state index contributed by atoms with van der Waals surface area (Å²) in [6.07, 6.45) is 11.7. The molecule has 0 aromatic carbocycles. The van der Waals surface area contributed by atoms with Gasteiger partial charge in [0.2, 0.25) is 0 Å². The molecule has 0 bridgehead atoms. The van der Waals surface area contributed by atoms with Crippen LogP contribution in [0.2, 0.25) is 0 Å². The fourth-order valence-corrected chi connectivity index (χ4v) is 2.14. The maximum atomic E-state index is 9.57. The van der Waals surface area contributed by atoms with Crippen LogP contribution < -0.4 is 0 Å². The molecule has 0 aliphatic carbocycles. The van der Waals surface area contributed by atoms with Crippen molar-refractivity contribution in [2.75, 3.05) is 6.61 Å². The van der Waals surface area contributed by atoms with Gasteiger partial charge in [-0.15, -0.1) is 9.78 Å². The highest BCUT2D eigenvalue weighted by molar-refractivity contribution is 4.65. The van der Waals surface area contributed by atoms with E-state index in [1.807, 2.05) is 0 Å². The quantitative estimate of drug-likeness (QED) is 0.288. The van der Waals surface area contributed by atoms with Gasteiger partial charge in [0.05, 0.1) is 6.61 Å². The summed E-state index contributed by atoms with van der Waals surface area (Å²) in [5, 5.41) is 31.8. The van der Waals surface area contributed by atoms with Gasteiger partial charge in [-0.2, -0.15) is 0 Å². The average Bonchev–Trinajstić information content (AvgIpc) is 2.70. The fourth-order valence-electron chi connectivity index (χ4n) is 2.14. The summed E-state index contributed by atoms with van der Waals surface area (Å²) in [5.41, 5.74) is 0. The maximum Gasteiger partial charge on any atom is 0.399 e. The number of aliphatic hydroxyl groups is 3. The van der Waals surface area contributed by atoms with Crippen molar-refractivity contribution < 1.29 is 34.9 Å². The van der Waals surface area contributed by atoms with Crippen LogP contribution in [0.4, 0.5) is 0 Å². The van der Waals surface area contributed by atoms with Crippen LogP contribution in [-0.2, 0) is 19.6 Å². The number of ether oxygens (including phenoxy) is 1. The Labute approximate surface area is 125 Å². The third-order valence-electron chi connectivity index (χ3n) is 3.50. The summed E-state index contributed by atoms with van der Waals surface area (Å²) in [4.78, 5) is 8.08. The predicted octanol–water partition coefficient (Wildman–Crippen LogP) is 2.10. The van der Waals surface area contributed by atoms with Crippen molar-refractivity contribution in [1.29, 1.82) is 0 Å². The second-order valence-electron chi connectivity index (χ2n) is 5.46. The summed E-state index contributed by atoms with van der Waals surface area (Å²) in [5.74, 6) is -5.72. The minimum atomic E-state index is -3.02. The molecule has 126 valence electrons. The second kappa shape index (κ2) is 9.68. The average molecular weight is 308 g/mol. The number of rotatable bonds is 12. The highest BCUT2D eigenvalue weighted by Crippen LogP contribution is 2.31. The lowest BCUT2D eigenvalue weighted by Gasteiger charge is -2.24. The minimum Gasteiger partial charge on any atom is -0.335 e. The number of unbranched alkanes of at least 4 members (excludes halogenated alkanes) is 9. The number of hydrogen-bond donors (Lipinski definition) is 3. The van der Waals surface area contributed by atoms with Gasteiger partial charge in [0, 0.05) is 0 Å². The van der Waals surface area contributed by atoms with E-state index in [1.54, 1.807) is 0 Å². The zero-order valence-corrected chi connectivity index (χ0v) is 12.8. The van der Waals surface area contributed by atoms with Crippen LogP contribution in [-0.4, -0.2) is 33.9 Å². The summed E-state index contributed by atoms with van der Waals surface area (Å²) in [6.45, 7) is 2.33. The molecule has 0 spiro atoms. The van der Waals surface area contributed by atoms with Gasteiger partial charge < -0.3 is 20.1 Å². The molecule has 0 amide bonds. The molecular weight excluding hydrogens is 280 g/mol. The Hall–Kier alpha value is -0.280. The van der Waals surface area contributed by atoms with Gasteiger partial charge in [0.15, 0.2) is 0 Å². The van der Waals surface area contributed by atoms with Crippen molar-refractivity contribution in [1.82, 2.24) is 0 Å². The Morgan fingerprint density at radius 1 is 0.762 bits per heavy atom. The highest BCUT2D eigenvalue weighted by Gasteiger charge is 2.62. The van der Waals surface area contributed by atoms with Crippen LogP contribution in [0, 0.1) is 0 Å². The van der Waals surface area contributed by atoms with Gasteiger partial charge in [-0.05, 0) is 6.42 Å². The van der Waals surface area contributed by atoms with Crippen molar-refractivity contribution in [2.24, 2.45) is 0 Å². The third kappa shape index (κ3) is 6.56. The fraction of sp³-hybridized carbons (Fsp3) is 1.00. The summed E-state index contributed by atoms with van der Waals surface area (Å²) in [6, 6.07) is 0. The van der Waals surface area contributed by atoms with Crippen LogP contribution in [0.15, 0.2) is 0 Å². The van der Waals surface area contributed by atoms with Gasteiger partial charge in [-0.1, -0.05) is 69.7 Å². The van der Waals surface area contributed by atoms with E-state index in [-0.39, 0.29) is 6.61 Å². The zero-order chi connectivity index (χ0) is 15.6. The Kier molecular flexibility index (Phi) is 8.65. The maximum absolute atomic E-state index is 9.57. The third-order valence-corrected chi connectivity index (χ3v) is 3.50. The van der Waals surface area contributed by atoms with Gasteiger partial charge in [0.1, 0.15) is 0 Å². The molecule has 21 heavy (non-hydrogen) atoms. The minimum absolute atomic E-state index is 0.114. The molecule has 0 aromatic rings. The van der Waals surface area contributed by atoms with E-state index in [0.29, 0.717) is 6.42 Å². The van der Waals surface area contributed by atoms with Crippen molar-refractivity contribution in [3.8, 4) is 0 Å². The first-order valence-electron chi connectivity index (χ1n) is 7.86. The second-order valence-corrected chi connectivity index (χ2v) is 5.46. The molecule has 1 atom stereocenters. The first-order chi connectivity index (χ1) is 10.0. The normalized spacial score (nSPS) is 24.6. The van der Waals surface area contributed by atoms with Crippen LogP contribution in [0.25, 0.3) is 0 Å². The summed E-state index contributed by atoms with van der Waals surface area (Å²) >= 11 is 0. The molecule has 1 aliphatic heterocycles. The Balaban J connectivity index is 1.91. The van der Waals surface area contributed by atoms with E-state index < -0.39 is 11.9 Å². The van der Waals surface area contributed by atoms with E-state index in [2.05, 4.69) is 21.7 Å². The van der Waals surface area contributed by atoms with Gasteiger partial charge >= 0.3 is 11.9 Å². The monoisotopic (exact) mass is 308 g/mol. The van der Waals surface area contributed by atoms with Crippen LogP contribution in [0.5, 0.6) is 0 Å². The predicted molar refractivity (Wildman–Crippen MR) is 73.2 cm³/mol. The molecule has 1 unspecified atom stereocenters. The van der Waals surface area contributed by atoms with Gasteiger partial charge in [-0.3, -0.25) is 0 Å². The van der Waals surface area contributed by atoms with E-state index >= 15 is 0 Å². The lowest BCUT2D eigenvalue weighted by Crippen LogP contribution is -2.54. The first kappa shape index (κ1) is 18.8. The molecule has 0 aromatic heterocycles. The smallest absolute Gasteiger partial charge is 0.335 e. The summed E-state index contributed by atoms with van der Waals surface area (Å²) in [7, 11) is 0. The van der Waals surface area contributed by atoms with E-state index in [4.69, 9.17) is 4.74 Å². The largest absolute Gasteiger partial charge is 0.399 e.